The second-order valence-electron chi connectivity index (χ2n) is 5.01. The van der Waals surface area contributed by atoms with Gasteiger partial charge >= 0.3 is 5.97 Å². The number of rotatable bonds is 10. The van der Waals surface area contributed by atoms with Gasteiger partial charge in [-0.3, -0.25) is 4.79 Å². The second-order valence-corrected chi connectivity index (χ2v) is 5.01. The van der Waals surface area contributed by atoms with Crippen LogP contribution in [-0.4, -0.2) is 29.6 Å². The molecule has 0 saturated carbocycles. The molecule has 0 saturated heterocycles. The van der Waals surface area contributed by atoms with Gasteiger partial charge in [-0.15, -0.1) is 0 Å². The van der Waals surface area contributed by atoms with Gasteiger partial charge in [-0.2, -0.15) is 0 Å². The van der Waals surface area contributed by atoms with E-state index in [0.717, 1.165) is 12.8 Å². The van der Waals surface area contributed by atoms with Crippen LogP contribution in [0.3, 0.4) is 0 Å². The van der Waals surface area contributed by atoms with Crippen LogP contribution in [0, 0.1) is 5.82 Å². The number of carboxylic acids is 1. The van der Waals surface area contributed by atoms with Crippen molar-refractivity contribution in [2.45, 2.75) is 45.1 Å². The first kappa shape index (κ1) is 17.9. The smallest absolute Gasteiger partial charge is 0.326 e. The molecule has 0 aromatic heterocycles. The van der Waals surface area contributed by atoms with Gasteiger partial charge in [0.15, 0.2) is 0 Å². The number of carbonyl (C=O) groups excluding carboxylic acids is 1. The molecule has 0 heterocycles. The van der Waals surface area contributed by atoms with Crippen LogP contribution in [0.25, 0.3) is 0 Å². The van der Waals surface area contributed by atoms with Gasteiger partial charge in [0.2, 0.25) is 5.91 Å². The van der Waals surface area contributed by atoms with E-state index < -0.39 is 12.0 Å². The summed E-state index contributed by atoms with van der Waals surface area (Å²) in [5.74, 6) is -1.11. The minimum Gasteiger partial charge on any atom is -0.494 e. The average molecular weight is 311 g/mol. The topological polar surface area (TPSA) is 75.6 Å². The summed E-state index contributed by atoms with van der Waals surface area (Å²) < 4.78 is 18.1. The summed E-state index contributed by atoms with van der Waals surface area (Å²) in [7, 11) is 0. The number of aliphatic carboxylic acids is 1. The summed E-state index contributed by atoms with van der Waals surface area (Å²) in [6.07, 6.45) is 2.72. The van der Waals surface area contributed by atoms with E-state index in [1.165, 1.54) is 24.3 Å². The number of halogens is 1. The quantitative estimate of drug-likeness (QED) is 0.652. The Bertz CT molecular complexity index is 476. The van der Waals surface area contributed by atoms with Crippen LogP contribution in [0.2, 0.25) is 0 Å². The lowest BCUT2D eigenvalue weighted by Gasteiger charge is -2.14. The SMILES string of the molecule is CCCC[C@H](NC(=O)CCCOc1ccc(F)cc1)C(=O)O. The monoisotopic (exact) mass is 311 g/mol. The van der Waals surface area contributed by atoms with Gasteiger partial charge in [-0.05, 0) is 37.1 Å². The van der Waals surface area contributed by atoms with E-state index in [1.54, 1.807) is 0 Å². The third-order valence-electron chi connectivity index (χ3n) is 3.11. The van der Waals surface area contributed by atoms with Crippen LogP contribution in [0.5, 0.6) is 5.75 Å². The van der Waals surface area contributed by atoms with Crippen LogP contribution < -0.4 is 10.1 Å². The van der Waals surface area contributed by atoms with E-state index in [0.29, 0.717) is 25.2 Å². The molecule has 0 bridgehead atoms. The van der Waals surface area contributed by atoms with E-state index in [-0.39, 0.29) is 18.1 Å². The summed E-state index contributed by atoms with van der Waals surface area (Å²) in [5, 5.41) is 11.5. The van der Waals surface area contributed by atoms with Crippen molar-refractivity contribution in [3.8, 4) is 5.75 Å². The number of carboxylic acid groups (broad SMARTS) is 1. The first-order chi connectivity index (χ1) is 10.5. The van der Waals surface area contributed by atoms with E-state index in [9.17, 15) is 14.0 Å². The molecule has 6 heteroatoms. The Morgan fingerprint density at radius 1 is 1.27 bits per heavy atom. The van der Waals surface area contributed by atoms with Crippen LogP contribution in [0.15, 0.2) is 24.3 Å². The van der Waals surface area contributed by atoms with Gasteiger partial charge in [0.25, 0.3) is 0 Å². The number of amides is 1. The number of benzene rings is 1. The van der Waals surface area contributed by atoms with E-state index in [1.807, 2.05) is 6.92 Å². The lowest BCUT2D eigenvalue weighted by Crippen LogP contribution is -2.40. The number of unbranched alkanes of at least 4 members (excludes halogenated alkanes) is 1. The number of carbonyl (C=O) groups is 2. The van der Waals surface area contributed by atoms with Crippen LogP contribution >= 0.6 is 0 Å². The fourth-order valence-corrected chi connectivity index (χ4v) is 1.89. The molecule has 0 aliphatic rings. The Morgan fingerprint density at radius 2 is 1.95 bits per heavy atom. The predicted octanol–water partition coefficient (Wildman–Crippen LogP) is 2.74. The summed E-state index contributed by atoms with van der Waals surface area (Å²) in [4.78, 5) is 22.7. The maximum atomic E-state index is 12.7. The molecule has 1 aromatic carbocycles. The van der Waals surface area contributed by atoms with Gasteiger partial charge in [-0.25, -0.2) is 9.18 Å². The Balaban J connectivity index is 2.24. The van der Waals surface area contributed by atoms with Crippen LogP contribution in [0.1, 0.15) is 39.0 Å². The van der Waals surface area contributed by atoms with E-state index >= 15 is 0 Å². The van der Waals surface area contributed by atoms with E-state index in [2.05, 4.69) is 5.32 Å². The first-order valence-corrected chi connectivity index (χ1v) is 7.43. The zero-order chi connectivity index (χ0) is 16.4. The normalized spacial score (nSPS) is 11.7. The maximum Gasteiger partial charge on any atom is 0.326 e. The molecule has 1 amide bonds. The minimum atomic E-state index is -1.01. The minimum absolute atomic E-state index is 0.192. The molecule has 22 heavy (non-hydrogen) atoms. The molecule has 2 N–H and O–H groups in total. The maximum absolute atomic E-state index is 12.7. The molecule has 1 rings (SSSR count). The molecule has 0 radical (unpaired) electrons. The third-order valence-corrected chi connectivity index (χ3v) is 3.11. The molecular formula is C16H22FNO4. The van der Waals surface area contributed by atoms with Gasteiger partial charge in [0, 0.05) is 6.42 Å². The van der Waals surface area contributed by atoms with Crippen molar-refractivity contribution in [1.82, 2.24) is 5.32 Å². The van der Waals surface area contributed by atoms with Crippen molar-refractivity contribution in [1.29, 1.82) is 0 Å². The zero-order valence-corrected chi connectivity index (χ0v) is 12.7. The molecular weight excluding hydrogens is 289 g/mol. The summed E-state index contributed by atoms with van der Waals surface area (Å²) >= 11 is 0. The lowest BCUT2D eigenvalue weighted by molar-refractivity contribution is -0.142. The highest BCUT2D eigenvalue weighted by atomic mass is 19.1. The third kappa shape index (κ3) is 7.06. The lowest BCUT2D eigenvalue weighted by atomic mass is 10.1. The van der Waals surface area contributed by atoms with E-state index in [4.69, 9.17) is 9.84 Å². The fraction of sp³-hybridized carbons (Fsp3) is 0.500. The average Bonchev–Trinajstić information content (AvgIpc) is 2.49. The van der Waals surface area contributed by atoms with Gasteiger partial charge in [0.1, 0.15) is 17.6 Å². The van der Waals surface area contributed by atoms with Crippen LogP contribution in [0.4, 0.5) is 4.39 Å². The number of hydrogen-bond donors (Lipinski definition) is 2. The Morgan fingerprint density at radius 3 is 2.55 bits per heavy atom. The highest BCUT2D eigenvalue weighted by molar-refractivity contribution is 5.83. The highest BCUT2D eigenvalue weighted by Gasteiger charge is 2.18. The Kier molecular flexibility index (Phi) is 7.96. The van der Waals surface area contributed by atoms with Crippen molar-refractivity contribution in [3.63, 3.8) is 0 Å². The fourth-order valence-electron chi connectivity index (χ4n) is 1.89. The molecule has 5 nitrogen and oxygen atoms in total. The zero-order valence-electron chi connectivity index (χ0n) is 12.7. The number of ether oxygens (including phenoxy) is 1. The largest absolute Gasteiger partial charge is 0.494 e. The standard InChI is InChI=1S/C16H22FNO4/c1-2-3-5-14(16(20)21)18-15(19)6-4-11-22-13-9-7-12(17)8-10-13/h7-10,14H,2-6,11H2,1H3,(H,18,19)(H,20,21)/t14-/m0/s1. The summed E-state index contributed by atoms with van der Waals surface area (Å²) in [5.41, 5.74) is 0. The van der Waals surface area contributed by atoms with Crippen molar-refractivity contribution in [2.24, 2.45) is 0 Å². The van der Waals surface area contributed by atoms with Gasteiger partial charge < -0.3 is 15.2 Å². The molecule has 0 unspecified atom stereocenters. The van der Waals surface area contributed by atoms with Crippen molar-refractivity contribution < 1.29 is 23.8 Å². The molecule has 1 aromatic rings. The Labute approximate surface area is 129 Å². The molecule has 1 atom stereocenters. The van der Waals surface area contributed by atoms with Crippen LogP contribution in [-0.2, 0) is 9.59 Å². The highest BCUT2D eigenvalue weighted by Crippen LogP contribution is 2.11. The summed E-state index contributed by atoms with van der Waals surface area (Å²) in [6, 6.07) is 4.80. The molecule has 0 fully saturated rings. The van der Waals surface area contributed by atoms with Gasteiger partial charge in [0.05, 0.1) is 6.61 Å². The predicted molar refractivity (Wildman–Crippen MR) is 80.2 cm³/mol. The molecule has 0 aliphatic carbocycles. The first-order valence-electron chi connectivity index (χ1n) is 7.43. The van der Waals surface area contributed by atoms with Gasteiger partial charge in [-0.1, -0.05) is 19.8 Å². The van der Waals surface area contributed by atoms with Crippen molar-refractivity contribution in [2.75, 3.05) is 6.61 Å². The molecule has 0 spiro atoms. The van der Waals surface area contributed by atoms with Crippen molar-refractivity contribution in [3.05, 3.63) is 30.1 Å². The number of hydrogen-bond acceptors (Lipinski definition) is 3. The molecule has 0 aliphatic heterocycles. The Hall–Kier alpha value is -2.11. The second kappa shape index (κ2) is 9.76. The van der Waals surface area contributed by atoms with Crippen molar-refractivity contribution >= 4 is 11.9 Å². The number of nitrogens with one attached hydrogen (secondary N) is 1. The molecule has 122 valence electrons. The summed E-state index contributed by atoms with van der Waals surface area (Å²) in [6.45, 7) is 2.28.